The summed E-state index contributed by atoms with van der Waals surface area (Å²) in [5.41, 5.74) is 1.42. The standard InChI is InChI=1S/C14H20N2O/c1-2-4-13(5-3-1)10-15-6-8-16(9-7-15)11-14-12-17-14/h1-5,14H,6-12H2/t14-/m0/s1. The van der Waals surface area contributed by atoms with Gasteiger partial charge in [-0.25, -0.2) is 0 Å². The molecule has 0 N–H and O–H groups in total. The number of hydrogen-bond donors (Lipinski definition) is 0. The zero-order chi connectivity index (χ0) is 11.5. The van der Waals surface area contributed by atoms with E-state index in [4.69, 9.17) is 4.74 Å². The van der Waals surface area contributed by atoms with E-state index < -0.39 is 0 Å². The molecule has 0 spiro atoms. The maximum Gasteiger partial charge on any atom is 0.0936 e. The SMILES string of the molecule is c1ccc(CN2CCN(C[C@H]3CO3)CC2)cc1. The lowest BCUT2D eigenvalue weighted by Crippen LogP contribution is -2.46. The van der Waals surface area contributed by atoms with Crippen LogP contribution in [0.3, 0.4) is 0 Å². The van der Waals surface area contributed by atoms with E-state index in [-0.39, 0.29) is 0 Å². The maximum absolute atomic E-state index is 5.28. The average Bonchev–Trinajstić information content (AvgIpc) is 3.17. The molecule has 0 saturated carbocycles. The Balaban J connectivity index is 1.44. The smallest absolute Gasteiger partial charge is 0.0936 e. The summed E-state index contributed by atoms with van der Waals surface area (Å²) in [6.07, 6.45) is 0.538. The highest BCUT2D eigenvalue weighted by Crippen LogP contribution is 2.13. The Morgan fingerprint density at radius 1 is 1.00 bits per heavy atom. The predicted molar refractivity (Wildman–Crippen MR) is 67.9 cm³/mol. The number of nitrogens with zero attached hydrogens (tertiary/aromatic N) is 2. The summed E-state index contributed by atoms with van der Waals surface area (Å²) in [6.45, 7) is 7.95. The molecule has 0 aliphatic carbocycles. The molecule has 1 aromatic rings. The summed E-state index contributed by atoms with van der Waals surface area (Å²) in [6, 6.07) is 10.7. The van der Waals surface area contributed by atoms with Crippen LogP contribution in [0.5, 0.6) is 0 Å². The first-order valence-electron chi connectivity index (χ1n) is 6.50. The molecule has 2 saturated heterocycles. The third-order valence-electron chi connectivity index (χ3n) is 3.58. The first-order chi connectivity index (χ1) is 8.40. The van der Waals surface area contributed by atoms with Crippen molar-refractivity contribution in [2.24, 2.45) is 0 Å². The predicted octanol–water partition coefficient (Wildman–Crippen LogP) is 1.20. The lowest BCUT2D eigenvalue weighted by atomic mass is 10.2. The van der Waals surface area contributed by atoms with Crippen LogP contribution < -0.4 is 0 Å². The summed E-state index contributed by atoms with van der Waals surface area (Å²) < 4.78 is 5.28. The fourth-order valence-electron chi connectivity index (χ4n) is 2.43. The van der Waals surface area contributed by atoms with Crippen LogP contribution in [0.15, 0.2) is 30.3 Å². The van der Waals surface area contributed by atoms with Crippen LogP contribution in [0.1, 0.15) is 5.56 Å². The van der Waals surface area contributed by atoms with Gasteiger partial charge in [0.25, 0.3) is 0 Å². The normalized spacial score (nSPS) is 26.0. The van der Waals surface area contributed by atoms with Crippen LogP contribution in [0.4, 0.5) is 0 Å². The average molecular weight is 232 g/mol. The van der Waals surface area contributed by atoms with Gasteiger partial charge >= 0.3 is 0 Å². The van der Waals surface area contributed by atoms with Crippen molar-refractivity contribution in [3.05, 3.63) is 35.9 Å². The largest absolute Gasteiger partial charge is 0.372 e. The minimum atomic E-state index is 0.538. The van der Waals surface area contributed by atoms with E-state index in [0.717, 1.165) is 19.7 Å². The molecule has 1 atom stereocenters. The van der Waals surface area contributed by atoms with Gasteiger partial charge in [-0.2, -0.15) is 0 Å². The number of benzene rings is 1. The summed E-state index contributed by atoms with van der Waals surface area (Å²) in [7, 11) is 0. The lowest BCUT2D eigenvalue weighted by Gasteiger charge is -2.34. The summed E-state index contributed by atoms with van der Waals surface area (Å²) >= 11 is 0. The molecule has 92 valence electrons. The second-order valence-electron chi connectivity index (χ2n) is 5.02. The number of epoxide rings is 1. The van der Waals surface area contributed by atoms with E-state index in [1.807, 2.05) is 0 Å². The van der Waals surface area contributed by atoms with Gasteiger partial charge in [0.1, 0.15) is 0 Å². The Labute approximate surface area is 103 Å². The molecule has 2 fully saturated rings. The van der Waals surface area contributed by atoms with Crippen LogP contribution in [0.25, 0.3) is 0 Å². The fourth-order valence-corrected chi connectivity index (χ4v) is 2.43. The zero-order valence-corrected chi connectivity index (χ0v) is 10.2. The van der Waals surface area contributed by atoms with Crippen molar-refractivity contribution in [3.8, 4) is 0 Å². The molecule has 3 rings (SSSR count). The van der Waals surface area contributed by atoms with E-state index in [1.165, 1.54) is 31.7 Å². The highest BCUT2D eigenvalue weighted by atomic mass is 16.6. The van der Waals surface area contributed by atoms with E-state index >= 15 is 0 Å². The maximum atomic E-state index is 5.28. The molecule has 2 heterocycles. The summed E-state index contributed by atoms with van der Waals surface area (Å²) in [4.78, 5) is 5.07. The second kappa shape index (κ2) is 5.17. The van der Waals surface area contributed by atoms with Gasteiger partial charge in [-0.15, -0.1) is 0 Å². The highest BCUT2D eigenvalue weighted by molar-refractivity contribution is 5.14. The van der Waals surface area contributed by atoms with Crippen molar-refractivity contribution >= 4 is 0 Å². The quantitative estimate of drug-likeness (QED) is 0.727. The third-order valence-corrected chi connectivity index (χ3v) is 3.58. The number of ether oxygens (including phenoxy) is 1. The molecule has 0 amide bonds. The minimum Gasteiger partial charge on any atom is -0.372 e. The second-order valence-corrected chi connectivity index (χ2v) is 5.02. The van der Waals surface area contributed by atoms with E-state index in [1.54, 1.807) is 0 Å². The van der Waals surface area contributed by atoms with Gasteiger partial charge in [0, 0.05) is 39.3 Å². The van der Waals surface area contributed by atoms with Crippen molar-refractivity contribution in [1.29, 1.82) is 0 Å². The first-order valence-corrected chi connectivity index (χ1v) is 6.50. The molecular weight excluding hydrogens is 212 g/mol. The van der Waals surface area contributed by atoms with Crippen molar-refractivity contribution < 1.29 is 4.74 Å². The highest BCUT2D eigenvalue weighted by Gasteiger charge is 2.27. The van der Waals surface area contributed by atoms with Crippen LogP contribution in [0.2, 0.25) is 0 Å². The monoisotopic (exact) mass is 232 g/mol. The number of hydrogen-bond acceptors (Lipinski definition) is 3. The van der Waals surface area contributed by atoms with Gasteiger partial charge in [0.15, 0.2) is 0 Å². The molecule has 3 heteroatoms. The Bertz CT molecular complexity index is 342. The van der Waals surface area contributed by atoms with Gasteiger partial charge in [0.2, 0.25) is 0 Å². The van der Waals surface area contributed by atoms with E-state index in [0.29, 0.717) is 6.10 Å². The first kappa shape index (κ1) is 11.2. The lowest BCUT2D eigenvalue weighted by molar-refractivity contribution is 0.120. The van der Waals surface area contributed by atoms with Gasteiger partial charge in [0.05, 0.1) is 12.7 Å². The third kappa shape index (κ3) is 3.28. The number of rotatable bonds is 4. The molecule has 1 aromatic carbocycles. The zero-order valence-electron chi connectivity index (χ0n) is 10.2. The molecular formula is C14H20N2O. The topological polar surface area (TPSA) is 19.0 Å². The summed E-state index contributed by atoms with van der Waals surface area (Å²) in [5.74, 6) is 0. The minimum absolute atomic E-state index is 0.538. The van der Waals surface area contributed by atoms with Crippen molar-refractivity contribution in [2.75, 3.05) is 39.3 Å². The molecule has 3 nitrogen and oxygen atoms in total. The van der Waals surface area contributed by atoms with E-state index in [2.05, 4.69) is 40.1 Å². The molecule has 2 aliphatic heterocycles. The van der Waals surface area contributed by atoms with Crippen LogP contribution in [0, 0.1) is 0 Å². The van der Waals surface area contributed by atoms with Gasteiger partial charge in [-0.1, -0.05) is 30.3 Å². The molecule has 0 aromatic heterocycles. The van der Waals surface area contributed by atoms with Crippen LogP contribution in [-0.2, 0) is 11.3 Å². The molecule has 2 aliphatic rings. The Morgan fingerprint density at radius 3 is 2.29 bits per heavy atom. The summed E-state index contributed by atoms with van der Waals surface area (Å²) in [5, 5.41) is 0. The Kier molecular flexibility index (Phi) is 3.41. The van der Waals surface area contributed by atoms with Crippen LogP contribution in [-0.4, -0.2) is 55.2 Å². The fraction of sp³-hybridized carbons (Fsp3) is 0.571. The Hall–Kier alpha value is -0.900. The molecule has 0 radical (unpaired) electrons. The van der Waals surface area contributed by atoms with Gasteiger partial charge in [-0.3, -0.25) is 9.80 Å². The van der Waals surface area contributed by atoms with Crippen molar-refractivity contribution in [2.45, 2.75) is 12.6 Å². The van der Waals surface area contributed by atoms with Gasteiger partial charge in [-0.05, 0) is 5.56 Å². The molecule has 17 heavy (non-hydrogen) atoms. The van der Waals surface area contributed by atoms with Crippen molar-refractivity contribution in [3.63, 3.8) is 0 Å². The Morgan fingerprint density at radius 2 is 1.65 bits per heavy atom. The van der Waals surface area contributed by atoms with Crippen molar-refractivity contribution in [1.82, 2.24) is 9.80 Å². The van der Waals surface area contributed by atoms with Crippen LogP contribution >= 0.6 is 0 Å². The number of piperazine rings is 1. The molecule has 0 unspecified atom stereocenters. The van der Waals surface area contributed by atoms with E-state index in [9.17, 15) is 0 Å². The molecule has 0 bridgehead atoms. The van der Waals surface area contributed by atoms with Gasteiger partial charge < -0.3 is 4.74 Å².